The molecule has 166 valence electrons. The number of aromatic nitrogens is 3. The number of hydrogen-bond donors (Lipinski definition) is 2. The maximum Gasteiger partial charge on any atom is 0.416 e. The van der Waals surface area contributed by atoms with E-state index in [4.69, 9.17) is 4.74 Å². The number of halogens is 3. The van der Waals surface area contributed by atoms with Gasteiger partial charge in [-0.05, 0) is 31.5 Å². The van der Waals surface area contributed by atoms with E-state index in [1.165, 1.54) is 12.1 Å². The van der Waals surface area contributed by atoms with Crippen LogP contribution in [0.1, 0.15) is 38.6 Å². The number of nitrogens with zero attached hydrogens (tertiary/aromatic N) is 4. The van der Waals surface area contributed by atoms with Gasteiger partial charge in [-0.3, -0.25) is 0 Å². The molecule has 0 saturated heterocycles. The topological polar surface area (TPSA) is 76.4 Å². The number of aliphatic imine (C=N–C) groups is 1. The Morgan fingerprint density at radius 3 is 2.70 bits per heavy atom. The van der Waals surface area contributed by atoms with Crippen molar-refractivity contribution in [3.63, 3.8) is 0 Å². The van der Waals surface area contributed by atoms with Crippen LogP contribution in [0.15, 0.2) is 35.6 Å². The highest BCUT2D eigenvalue weighted by Crippen LogP contribution is 2.31. The monoisotopic (exact) mass is 426 g/mol. The first kappa shape index (κ1) is 23.5. The zero-order chi connectivity index (χ0) is 22.0. The van der Waals surface area contributed by atoms with Gasteiger partial charge >= 0.3 is 6.18 Å². The predicted molar refractivity (Wildman–Crippen MR) is 110 cm³/mol. The molecule has 0 aliphatic heterocycles. The Morgan fingerprint density at radius 2 is 2.03 bits per heavy atom. The van der Waals surface area contributed by atoms with Gasteiger partial charge in [0.05, 0.1) is 12.1 Å². The van der Waals surface area contributed by atoms with Crippen LogP contribution >= 0.6 is 0 Å². The maximum atomic E-state index is 12.9. The molecule has 10 heteroatoms. The molecule has 0 spiro atoms. The van der Waals surface area contributed by atoms with Gasteiger partial charge in [0, 0.05) is 26.1 Å². The summed E-state index contributed by atoms with van der Waals surface area (Å²) in [6, 6.07) is 4.91. The smallest absolute Gasteiger partial charge is 0.416 e. The van der Waals surface area contributed by atoms with Crippen molar-refractivity contribution in [2.45, 2.75) is 52.4 Å². The van der Waals surface area contributed by atoms with Crippen molar-refractivity contribution < 1.29 is 17.9 Å². The van der Waals surface area contributed by atoms with Crippen LogP contribution in [0.25, 0.3) is 0 Å². The second-order valence-electron chi connectivity index (χ2n) is 6.61. The molecule has 0 bridgehead atoms. The first-order valence-electron chi connectivity index (χ1n) is 10.1. The molecule has 2 rings (SSSR count). The number of rotatable bonds is 10. The van der Waals surface area contributed by atoms with Crippen LogP contribution in [0.4, 0.5) is 13.2 Å². The average molecular weight is 426 g/mol. The molecule has 0 radical (unpaired) electrons. The molecule has 0 saturated carbocycles. The summed E-state index contributed by atoms with van der Waals surface area (Å²) in [6.45, 7) is 8.21. The predicted octanol–water partition coefficient (Wildman–Crippen LogP) is 3.27. The largest absolute Gasteiger partial charge is 0.488 e. The minimum absolute atomic E-state index is 0.185. The summed E-state index contributed by atoms with van der Waals surface area (Å²) in [4.78, 5) is 4.52. The lowest BCUT2D eigenvalue weighted by Crippen LogP contribution is -2.39. The van der Waals surface area contributed by atoms with Gasteiger partial charge in [0.2, 0.25) is 0 Å². The van der Waals surface area contributed by atoms with Crippen molar-refractivity contribution in [1.82, 2.24) is 25.4 Å². The Bertz CT molecular complexity index is 806. The van der Waals surface area contributed by atoms with Gasteiger partial charge < -0.3 is 19.9 Å². The average Bonchev–Trinajstić information content (AvgIpc) is 3.18. The van der Waals surface area contributed by atoms with Gasteiger partial charge in [-0.25, -0.2) is 4.99 Å². The van der Waals surface area contributed by atoms with Crippen LogP contribution in [-0.2, 0) is 19.1 Å². The van der Waals surface area contributed by atoms with Crippen LogP contribution < -0.4 is 15.4 Å². The van der Waals surface area contributed by atoms with E-state index in [1.54, 1.807) is 6.33 Å². The summed E-state index contributed by atoms with van der Waals surface area (Å²) in [5, 5.41) is 14.4. The molecule has 1 atom stereocenters. The second kappa shape index (κ2) is 11.4. The van der Waals surface area contributed by atoms with Crippen LogP contribution in [0.5, 0.6) is 5.75 Å². The number of aryl methyl sites for hydroxylation is 1. The number of hydrogen-bond acceptors (Lipinski definition) is 4. The van der Waals surface area contributed by atoms with E-state index in [-0.39, 0.29) is 11.9 Å². The third kappa shape index (κ3) is 7.23. The van der Waals surface area contributed by atoms with E-state index in [0.29, 0.717) is 38.6 Å². The fourth-order valence-electron chi connectivity index (χ4n) is 2.76. The van der Waals surface area contributed by atoms with Crippen molar-refractivity contribution in [3.05, 3.63) is 42.0 Å². The highest BCUT2D eigenvalue weighted by molar-refractivity contribution is 5.79. The molecule has 1 aromatic heterocycles. The Kier molecular flexibility index (Phi) is 8.94. The van der Waals surface area contributed by atoms with E-state index in [1.807, 2.05) is 25.3 Å². The molecule has 0 fully saturated rings. The van der Waals surface area contributed by atoms with Gasteiger partial charge in [-0.1, -0.05) is 19.9 Å². The molecule has 1 unspecified atom stereocenters. The Hall–Kier alpha value is -2.78. The first-order chi connectivity index (χ1) is 14.4. The van der Waals surface area contributed by atoms with Crippen molar-refractivity contribution in [2.75, 3.05) is 19.6 Å². The fourth-order valence-corrected chi connectivity index (χ4v) is 2.76. The molecule has 0 amide bonds. The molecule has 2 N–H and O–H groups in total. The fraction of sp³-hybridized carbons (Fsp3) is 0.550. The Balaban J connectivity index is 1.94. The zero-order valence-corrected chi connectivity index (χ0v) is 17.5. The van der Waals surface area contributed by atoms with Crippen molar-refractivity contribution in [3.8, 4) is 5.75 Å². The molecule has 1 aromatic carbocycles. The van der Waals surface area contributed by atoms with Crippen LogP contribution in [-0.4, -0.2) is 46.5 Å². The summed E-state index contributed by atoms with van der Waals surface area (Å²) < 4.78 is 46.4. The van der Waals surface area contributed by atoms with Crippen molar-refractivity contribution in [2.24, 2.45) is 4.99 Å². The molecular formula is C20H29F3N6O. The lowest BCUT2D eigenvalue weighted by Gasteiger charge is -2.18. The van der Waals surface area contributed by atoms with Crippen LogP contribution in [0.3, 0.4) is 0 Å². The van der Waals surface area contributed by atoms with Gasteiger partial charge in [0.25, 0.3) is 0 Å². The second-order valence-corrected chi connectivity index (χ2v) is 6.61. The van der Waals surface area contributed by atoms with Gasteiger partial charge in [-0.2, -0.15) is 13.2 Å². The lowest BCUT2D eigenvalue weighted by molar-refractivity contribution is -0.137. The van der Waals surface area contributed by atoms with Crippen LogP contribution in [0, 0.1) is 0 Å². The summed E-state index contributed by atoms with van der Waals surface area (Å²) in [5.41, 5.74) is -0.728. The van der Waals surface area contributed by atoms with E-state index in [0.717, 1.165) is 24.4 Å². The maximum absolute atomic E-state index is 12.9. The normalized spacial score (nSPS) is 13.2. The van der Waals surface area contributed by atoms with Gasteiger partial charge in [-0.15, -0.1) is 10.2 Å². The van der Waals surface area contributed by atoms with E-state index < -0.39 is 11.7 Å². The Morgan fingerprint density at radius 1 is 1.23 bits per heavy atom. The summed E-state index contributed by atoms with van der Waals surface area (Å²) in [5.74, 6) is 1.72. The molecule has 0 aliphatic carbocycles. The third-order valence-electron chi connectivity index (χ3n) is 4.37. The quantitative estimate of drug-likeness (QED) is 0.451. The molecule has 0 aliphatic rings. The number of guanidine groups is 1. The standard InChI is InChI=1S/C20H29F3N6O/c1-4-16(30-17-9-7-8-15(12-17)20(21,22)23)13-26-19(24-6-3)25-10-11-29-14-27-28-18(29)5-2/h7-9,12,14,16H,4-6,10-11,13H2,1-3H3,(H2,24,25,26). The van der Waals surface area contributed by atoms with Crippen LogP contribution in [0.2, 0.25) is 0 Å². The zero-order valence-electron chi connectivity index (χ0n) is 17.5. The SMILES string of the molecule is CCNC(=NCC(CC)Oc1cccc(C(F)(F)F)c1)NCCn1cnnc1CC. The van der Waals surface area contributed by atoms with Gasteiger partial charge in [0.15, 0.2) is 5.96 Å². The minimum atomic E-state index is -4.40. The van der Waals surface area contributed by atoms with Gasteiger partial charge in [0.1, 0.15) is 24.0 Å². The molecule has 1 heterocycles. The third-order valence-corrected chi connectivity index (χ3v) is 4.37. The van der Waals surface area contributed by atoms with Crippen molar-refractivity contribution >= 4 is 5.96 Å². The van der Waals surface area contributed by atoms with E-state index >= 15 is 0 Å². The first-order valence-corrected chi connectivity index (χ1v) is 10.1. The Labute approximate surface area is 174 Å². The highest BCUT2D eigenvalue weighted by Gasteiger charge is 2.30. The molecular weight excluding hydrogens is 397 g/mol. The molecule has 30 heavy (non-hydrogen) atoms. The summed E-state index contributed by atoms with van der Waals surface area (Å²) >= 11 is 0. The molecule has 2 aromatic rings. The minimum Gasteiger partial charge on any atom is -0.488 e. The number of nitrogens with one attached hydrogen (secondary N) is 2. The van der Waals surface area contributed by atoms with Crippen molar-refractivity contribution in [1.29, 1.82) is 0 Å². The lowest BCUT2D eigenvalue weighted by atomic mass is 10.2. The van der Waals surface area contributed by atoms with E-state index in [2.05, 4.69) is 25.8 Å². The number of benzene rings is 1. The number of alkyl halides is 3. The molecule has 7 nitrogen and oxygen atoms in total. The highest BCUT2D eigenvalue weighted by atomic mass is 19.4. The summed E-state index contributed by atoms with van der Waals surface area (Å²) in [7, 11) is 0. The van der Waals surface area contributed by atoms with E-state index in [9.17, 15) is 13.2 Å². The number of ether oxygens (including phenoxy) is 1. The summed E-state index contributed by atoms with van der Waals surface area (Å²) in [6.07, 6.45) is -1.63.